The fourth-order valence-corrected chi connectivity index (χ4v) is 3.32. The number of carbonyl (C=O) groups excluding carboxylic acids is 1. The van der Waals surface area contributed by atoms with Crippen LogP contribution in [0.15, 0.2) is 15.0 Å². The molecule has 1 aliphatic rings. The molecule has 0 radical (unpaired) electrons. The van der Waals surface area contributed by atoms with Gasteiger partial charge in [0, 0.05) is 21.9 Å². The number of halogens is 2. The van der Waals surface area contributed by atoms with Crippen LogP contribution in [0.3, 0.4) is 0 Å². The monoisotopic (exact) mass is 389 g/mol. The molecule has 1 heterocycles. The zero-order valence-corrected chi connectivity index (χ0v) is 13.7. The molecule has 2 rings (SSSR count). The van der Waals surface area contributed by atoms with Crippen molar-refractivity contribution in [3.8, 4) is 0 Å². The molecule has 1 aliphatic heterocycles. The van der Waals surface area contributed by atoms with Crippen LogP contribution >= 0.6 is 31.9 Å². The van der Waals surface area contributed by atoms with Crippen molar-refractivity contribution in [3.63, 3.8) is 0 Å². The minimum atomic E-state index is -0.919. The Balaban J connectivity index is 2.43. The third-order valence-electron chi connectivity index (χ3n) is 3.35. The first-order valence-electron chi connectivity index (χ1n) is 5.81. The highest BCUT2D eigenvalue weighted by Gasteiger charge is 2.36. The Morgan fingerprint density at radius 3 is 2.53 bits per heavy atom. The van der Waals surface area contributed by atoms with E-state index in [-0.39, 0.29) is 18.9 Å². The van der Waals surface area contributed by atoms with Gasteiger partial charge in [-0.05, 0) is 47.0 Å². The maximum absolute atomic E-state index is 12.0. The van der Waals surface area contributed by atoms with Crippen molar-refractivity contribution in [2.24, 2.45) is 5.92 Å². The predicted molar refractivity (Wildman–Crippen MR) is 79.4 cm³/mol. The lowest BCUT2D eigenvalue weighted by Gasteiger charge is -2.21. The van der Waals surface area contributed by atoms with E-state index in [1.54, 1.807) is 4.90 Å². The number of carbonyl (C=O) groups is 2. The number of amides is 1. The van der Waals surface area contributed by atoms with E-state index in [1.165, 1.54) is 0 Å². The number of aliphatic carboxylic acids is 1. The van der Waals surface area contributed by atoms with Gasteiger partial charge in [0.2, 0.25) is 5.91 Å². The van der Waals surface area contributed by atoms with Gasteiger partial charge in [-0.2, -0.15) is 0 Å². The number of rotatable bonds is 2. The quantitative estimate of drug-likeness (QED) is 0.842. The smallest absolute Gasteiger partial charge is 0.308 e. The Labute approximate surface area is 128 Å². The van der Waals surface area contributed by atoms with E-state index in [4.69, 9.17) is 5.11 Å². The normalized spacial score (nSPS) is 19.1. The van der Waals surface area contributed by atoms with Crippen molar-refractivity contribution in [2.45, 2.75) is 20.3 Å². The van der Waals surface area contributed by atoms with E-state index < -0.39 is 11.9 Å². The van der Waals surface area contributed by atoms with E-state index in [0.717, 1.165) is 25.8 Å². The summed E-state index contributed by atoms with van der Waals surface area (Å²) in [6.45, 7) is 4.12. The Bertz CT molecular complexity index is 571. The molecular formula is C13H13Br2NO3. The molecule has 0 spiro atoms. The molecule has 1 aromatic rings. The molecule has 1 N–H and O–H groups in total. The topological polar surface area (TPSA) is 57.6 Å². The van der Waals surface area contributed by atoms with Crippen LogP contribution in [0.2, 0.25) is 0 Å². The van der Waals surface area contributed by atoms with Gasteiger partial charge in [0.15, 0.2) is 0 Å². The molecule has 0 saturated carbocycles. The first-order valence-corrected chi connectivity index (χ1v) is 7.40. The molecule has 1 unspecified atom stereocenters. The number of carboxylic acids is 1. The largest absolute Gasteiger partial charge is 0.481 e. The number of aryl methyl sites for hydroxylation is 1. The molecule has 1 saturated heterocycles. The Morgan fingerprint density at radius 1 is 1.37 bits per heavy atom. The highest BCUT2D eigenvalue weighted by Crippen LogP contribution is 2.38. The lowest BCUT2D eigenvalue weighted by atomic mass is 10.1. The Kier molecular flexibility index (Phi) is 4.01. The predicted octanol–water partition coefficient (Wildman–Crippen LogP) is 3.27. The second kappa shape index (κ2) is 5.25. The maximum Gasteiger partial charge on any atom is 0.308 e. The van der Waals surface area contributed by atoms with Crippen molar-refractivity contribution >= 4 is 49.4 Å². The van der Waals surface area contributed by atoms with Crippen LogP contribution in [-0.2, 0) is 9.59 Å². The second-order valence-corrected chi connectivity index (χ2v) is 6.30. The summed E-state index contributed by atoms with van der Waals surface area (Å²) in [6.07, 6.45) is 0.0654. The minimum absolute atomic E-state index is 0.0654. The molecule has 1 aromatic carbocycles. The van der Waals surface area contributed by atoms with Crippen LogP contribution in [-0.4, -0.2) is 23.5 Å². The molecule has 1 fully saturated rings. The van der Waals surface area contributed by atoms with Crippen LogP contribution in [0.1, 0.15) is 17.5 Å². The molecule has 1 atom stereocenters. The lowest BCUT2D eigenvalue weighted by Crippen LogP contribution is -2.26. The van der Waals surface area contributed by atoms with E-state index in [0.29, 0.717) is 0 Å². The van der Waals surface area contributed by atoms with Crippen LogP contribution < -0.4 is 4.90 Å². The molecule has 1 amide bonds. The van der Waals surface area contributed by atoms with E-state index in [9.17, 15) is 9.59 Å². The van der Waals surface area contributed by atoms with Gasteiger partial charge in [-0.25, -0.2) is 0 Å². The Hall–Kier alpha value is -0.880. The van der Waals surface area contributed by atoms with Crippen LogP contribution in [0.4, 0.5) is 5.69 Å². The average molecular weight is 391 g/mol. The zero-order valence-electron chi connectivity index (χ0n) is 10.5. The van der Waals surface area contributed by atoms with Gasteiger partial charge in [0.05, 0.1) is 11.6 Å². The highest BCUT2D eigenvalue weighted by molar-refractivity contribution is 9.11. The second-order valence-electron chi connectivity index (χ2n) is 4.71. The number of nitrogens with zero attached hydrogens (tertiary/aromatic N) is 1. The molecule has 0 bridgehead atoms. The summed E-state index contributed by atoms with van der Waals surface area (Å²) in [5.41, 5.74) is 2.76. The average Bonchev–Trinajstić information content (AvgIpc) is 2.73. The number of carboxylic acid groups (broad SMARTS) is 1. The fourth-order valence-electron chi connectivity index (χ4n) is 2.22. The van der Waals surface area contributed by atoms with E-state index in [2.05, 4.69) is 31.9 Å². The molecule has 4 nitrogen and oxygen atoms in total. The van der Waals surface area contributed by atoms with Crippen LogP contribution in [0, 0.1) is 19.8 Å². The summed E-state index contributed by atoms with van der Waals surface area (Å²) in [6, 6.07) is 1.89. The van der Waals surface area contributed by atoms with Gasteiger partial charge in [-0.3, -0.25) is 9.59 Å². The van der Waals surface area contributed by atoms with Crippen LogP contribution in [0.5, 0.6) is 0 Å². The summed E-state index contributed by atoms with van der Waals surface area (Å²) in [7, 11) is 0. The molecule has 0 aliphatic carbocycles. The first-order chi connectivity index (χ1) is 8.82. The number of hydrogen-bond acceptors (Lipinski definition) is 2. The van der Waals surface area contributed by atoms with Crippen molar-refractivity contribution in [1.29, 1.82) is 0 Å². The highest BCUT2D eigenvalue weighted by atomic mass is 79.9. The summed E-state index contributed by atoms with van der Waals surface area (Å²) < 4.78 is 1.81. The fraction of sp³-hybridized carbons (Fsp3) is 0.385. The van der Waals surface area contributed by atoms with Gasteiger partial charge >= 0.3 is 5.97 Å². The van der Waals surface area contributed by atoms with Crippen molar-refractivity contribution in [2.75, 3.05) is 11.4 Å². The zero-order chi connectivity index (χ0) is 14.3. The van der Waals surface area contributed by atoms with E-state index in [1.807, 2.05) is 19.9 Å². The molecule has 6 heteroatoms. The van der Waals surface area contributed by atoms with Gasteiger partial charge in [0.1, 0.15) is 0 Å². The van der Waals surface area contributed by atoms with Gasteiger partial charge in [-0.15, -0.1) is 0 Å². The molecular weight excluding hydrogens is 378 g/mol. The summed E-state index contributed by atoms with van der Waals surface area (Å²) >= 11 is 6.98. The molecule has 19 heavy (non-hydrogen) atoms. The number of hydrogen-bond donors (Lipinski definition) is 1. The summed E-state index contributed by atoms with van der Waals surface area (Å²) in [5.74, 6) is -1.68. The summed E-state index contributed by atoms with van der Waals surface area (Å²) in [5, 5.41) is 9.02. The number of anilines is 1. The first kappa shape index (κ1) is 14.5. The van der Waals surface area contributed by atoms with Gasteiger partial charge in [-0.1, -0.05) is 15.9 Å². The maximum atomic E-state index is 12.0. The van der Waals surface area contributed by atoms with E-state index >= 15 is 0 Å². The molecule has 0 aromatic heterocycles. The lowest BCUT2D eigenvalue weighted by molar-refractivity contribution is -0.141. The van der Waals surface area contributed by atoms with Crippen LogP contribution in [0.25, 0.3) is 0 Å². The van der Waals surface area contributed by atoms with Crippen molar-refractivity contribution < 1.29 is 14.7 Å². The minimum Gasteiger partial charge on any atom is -0.481 e. The Morgan fingerprint density at radius 2 is 2.00 bits per heavy atom. The van der Waals surface area contributed by atoms with Crippen molar-refractivity contribution in [1.82, 2.24) is 0 Å². The van der Waals surface area contributed by atoms with Crippen molar-refractivity contribution in [3.05, 3.63) is 26.1 Å². The third kappa shape index (κ3) is 2.56. The summed E-state index contributed by atoms with van der Waals surface area (Å²) in [4.78, 5) is 24.5. The number of benzene rings is 1. The third-order valence-corrected chi connectivity index (χ3v) is 5.57. The standard InChI is InChI=1S/C13H13Br2NO3/c1-6-3-9(12(15)7(2)11(6)14)16-5-8(13(18)19)4-10(16)17/h3,8H,4-5H2,1-2H3,(H,18,19). The molecule has 102 valence electrons. The SMILES string of the molecule is Cc1cc(N2CC(C(=O)O)CC2=O)c(Br)c(C)c1Br. The van der Waals surface area contributed by atoms with Gasteiger partial charge < -0.3 is 10.0 Å². The van der Waals surface area contributed by atoms with Gasteiger partial charge in [0.25, 0.3) is 0 Å².